The van der Waals surface area contributed by atoms with E-state index < -0.39 is 47.3 Å². The molecule has 0 aliphatic carbocycles. The van der Waals surface area contributed by atoms with Crippen LogP contribution in [0.4, 0.5) is 19.0 Å². The summed E-state index contributed by atoms with van der Waals surface area (Å²) in [6.07, 6.45) is -5.29. The van der Waals surface area contributed by atoms with Gasteiger partial charge in [0.15, 0.2) is 11.5 Å². The van der Waals surface area contributed by atoms with Crippen LogP contribution in [0.3, 0.4) is 0 Å². The third-order valence-corrected chi connectivity index (χ3v) is 2.47. The maximum Gasteiger partial charge on any atom is 0.433 e. The summed E-state index contributed by atoms with van der Waals surface area (Å²) in [4.78, 5) is 25.7. The molecule has 1 heterocycles. The van der Waals surface area contributed by atoms with Gasteiger partial charge in [-0.25, -0.2) is 14.6 Å². The third-order valence-electron chi connectivity index (χ3n) is 2.47. The Morgan fingerprint density at radius 2 is 2.12 bits per heavy atom. The number of anilines is 1. The second-order valence-electron chi connectivity index (χ2n) is 4.12. The molecule has 2 N–H and O–H groups in total. The highest BCUT2D eigenvalue weighted by Gasteiger charge is 2.33. The number of carboxylic acid groups (broad SMARTS) is 1. The zero-order valence-electron chi connectivity index (χ0n) is 12.2. The van der Waals surface area contributed by atoms with Crippen LogP contribution in [-0.2, 0) is 15.7 Å². The number of aromatic carboxylic acids is 1. The Morgan fingerprint density at radius 1 is 1.46 bits per heavy atom. The molecule has 0 aliphatic rings. The van der Waals surface area contributed by atoms with E-state index in [2.05, 4.69) is 14.8 Å². The van der Waals surface area contributed by atoms with Crippen molar-refractivity contribution in [1.29, 1.82) is 5.26 Å². The lowest BCUT2D eigenvalue weighted by Gasteiger charge is -2.10. The van der Waals surface area contributed by atoms with E-state index in [9.17, 15) is 22.8 Å². The minimum absolute atomic E-state index is 0.00847. The number of pyridine rings is 1. The first kappa shape index (κ1) is 18.9. The number of hydrogen-bond donors (Lipinski definition) is 2. The van der Waals surface area contributed by atoms with Crippen LogP contribution >= 0.6 is 0 Å². The summed E-state index contributed by atoms with van der Waals surface area (Å²) in [6.45, 7) is 1.50. The molecule has 1 rings (SSSR count). The van der Waals surface area contributed by atoms with Crippen molar-refractivity contribution in [3.8, 4) is 6.07 Å². The molecule has 0 bridgehead atoms. The average molecular weight is 344 g/mol. The summed E-state index contributed by atoms with van der Waals surface area (Å²) < 4.78 is 42.6. The summed E-state index contributed by atoms with van der Waals surface area (Å²) in [6, 6.07) is 2.83. The van der Waals surface area contributed by atoms with E-state index in [0.717, 1.165) is 0 Å². The molecule has 0 spiro atoms. The van der Waals surface area contributed by atoms with Gasteiger partial charge in [-0.05, 0) is 19.1 Å². The fourth-order valence-electron chi connectivity index (χ4n) is 1.44. The number of alkyl halides is 3. The number of esters is 1. The van der Waals surface area contributed by atoms with E-state index >= 15 is 0 Å². The molecule has 0 saturated heterocycles. The second kappa shape index (κ2) is 7.91. The Balaban J connectivity index is 3.23. The average Bonchev–Trinajstić information content (AvgIpc) is 2.50. The number of ether oxygens (including phenoxy) is 1. The Bertz CT molecular complexity index is 710. The van der Waals surface area contributed by atoms with E-state index in [1.165, 1.54) is 6.92 Å². The van der Waals surface area contributed by atoms with Crippen molar-refractivity contribution in [2.75, 3.05) is 12.0 Å². The van der Waals surface area contributed by atoms with Gasteiger partial charge in [0.25, 0.3) is 0 Å². The van der Waals surface area contributed by atoms with Crippen molar-refractivity contribution in [3.63, 3.8) is 0 Å². The van der Waals surface area contributed by atoms with E-state index in [1.807, 2.05) is 5.43 Å². The van der Waals surface area contributed by atoms with Crippen molar-refractivity contribution in [2.24, 2.45) is 5.10 Å². The molecule has 11 heteroatoms. The predicted octanol–water partition coefficient (Wildman–Crippen LogP) is 2.04. The number of carbonyl (C=O) groups excluding carboxylic acids is 1. The van der Waals surface area contributed by atoms with Crippen LogP contribution in [0.15, 0.2) is 17.2 Å². The number of aromatic nitrogens is 1. The largest absolute Gasteiger partial charge is 0.478 e. The van der Waals surface area contributed by atoms with Gasteiger partial charge in [0, 0.05) is 0 Å². The highest BCUT2D eigenvalue weighted by molar-refractivity contribution is 6.37. The number of rotatable bonds is 6. The number of carbonyl (C=O) groups is 2. The van der Waals surface area contributed by atoms with Crippen LogP contribution in [0.1, 0.15) is 29.4 Å². The summed E-state index contributed by atoms with van der Waals surface area (Å²) in [7, 11) is 0. The first-order valence-electron chi connectivity index (χ1n) is 6.38. The fraction of sp³-hybridized carbons (Fsp3) is 0.308. The molecule has 1 aromatic rings. The molecule has 0 atom stereocenters. The van der Waals surface area contributed by atoms with E-state index in [-0.39, 0.29) is 6.61 Å². The quantitative estimate of drug-likeness (QED) is 0.459. The number of carboxylic acids is 1. The van der Waals surface area contributed by atoms with Gasteiger partial charge in [0.05, 0.1) is 19.1 Å². The van der Waals surface area contributed by atoms with Crippen LogP contribution in [0, 0.1) is 11.3 Å². The number of nitrogens with one attached hydrogen (secondary N) is 1. The summed E-state index contributed by atoms with van der Waals surface area (Å²) in [5.41, 5.74) is -0.395. The Kier molecular flexibility index (Phi) is 6.22. The highest BCUT2D eigenvalue weighted by Crippen LogP contribution is 2.29. The fourth-order valence-corrected chi connectivity index (χ4v) is 1.44. The Morgan fingerprint density at radius 3 is 2.62 bits per heavy atom. The molecule has 0 fully saturated rings. The molecule has 0 saturated carbocycles. The SMILES string of the molecule is CCOC(=O)/C(CC#N)=N/Nc1nc(C(F)(F)F)ccc1C(=O)O. The molecular formula is C13H11F3N4O4. The predicted molar refractivity (Wildman–Crippen MR) is 74.1 cm³/mol. The minimum Gasteiger partial charge on any atom is -0.478 e. The number of nitrogens with zero attached hydrogens (tertiary/aromatic N) is 3. The van der Waals surface area contributed by atoms with Crippen molar-refractivity contribution >= 4 is 23.5 Å². The summed E-state index contributed by atoms with van der Waals surface area (Å²) >= 11 is 0. The lowest BCUT2D eigenvalue weighted by atomic mass is 10.2. The van der Waals surface area contributed by atoms with Crippen LogP contribution in [0.2, 0.25) is 0 Å². The molecule has 0 unspecified atom stereocenters. The highest BCUT2D eigenvalue weighted by atomic mass is 19.4. The van der Waals surface area contributed by atoms with Gasteiger partial charge in [0.1, 0.15) is 11.3 Å². The molecule has 24 heavy (non-hydrogen) atoms. The van der Waals surface area contributed by atoms with Gasteiger partial charge in [-0.3, -0.25) is 5.43 Å². The first-order valence-corrected chi connectivity index (χ1v) is 6.38. The van der Waals surface area contributed by atoms with Gasteiger partial charge in [0.2, 0.25) is 0 Å². The van der Waals surface area contributed by atoms with E-state index in [4.69, 9.17) is 10.4 Å². The number of nitriles is 1. The molecule has 0 radical (unpaired) electrons. The van der Waals surface area contributed by atoms with Crippen LogP contribution in [-0.4, -0.2) is 34.3 Å². The van der Waals surface area contributed by atoms with Crippen LogP contribution < -0.4 is 5.43 Å². The van der Waals surface area contributed by atoms with Gasteiger partial charge in [-0.15, -0.1) is 0 Å². The second-order valence-corrected chi connectivity index (χ2v) is 4.12. The molecular weight excluding hydrogens is 333 g/mol. The smallest absolute Gasteiger partial charge is 0.433 e. The number of halogens is 3. The van der Waals surface area contributed by atoms with Gasteiger partial charge >= 0.3 is 18.1 Å². The standard InChI is InChI=1S/C13H11F3N4O4/c1-2-24-12(23)8(5-6-17)19-20-10-7(11(21)22)3-4-9(18-10)13(14,15)16/h3-4H,2,5H2,1H3,(H,18,20)(H,21,22)/b19-8+. The van der Waals surface area contributed by atoms with Crippen molar-refractivity contribution in [1.82, 2.24) is 4.98 Å². The van der Waals surface area contributed by atoms with Crippen LogP contribution in [0.25, 0.3) is 0 Å². The molecule has 0 amide bonds. The minimum atomic E-state index is -4.80. The normalized spacial score (nSPS) is 11.5. The zero-order valence-corrected chi connectivity index (χ0v) is 12.2. The number of hydrazone groups is 1. The Hall–Kier alpha value is -3.16. The monoisotopic (exact) mass is 344 g/mol. The lowest BCUT2D eigenvalue weighted by molar-refractivity contribution is -0.141. The topological polar surface area (TPSA) is 125 Å². The van der Waals surface area contributed by atoms with Crippen molar-refractivity contribution < 1.29 is 32.6 Å². The maximum absolute atomic E-state index is 12.7. The molecule has 1 aromatic heterocycles. The first-order chi connectivity index (χ1) is 11.2. The molecule has 0 aromatic carbocycles. The lowest BCUT2D eigenvalue weighted by Crippen LogP contribution is -2.19. The third kappa shape index (κ3) is 4.94. The van der Waals surface area contributed by atoms with Gasteiger partial charge < -0.3 is 9.84 Å². The van der Waals surface area contributed by atoms with Gasteiger partial charge in [-0.2, -0.15) is 23.5 Å². The van der Waals surface area contributed by atoms with Crippen molar-refractivity contribution in [2.45, 2.75) is 19.5 Å². The zero-order chi connectivity index (χ0) is 18.3. The van der Waals surface area contributed by atoms with E-state index in [0.29, 0.717) is 12.1 Å². The number of hydrogen-bond acceptors (Lipinski definition) is 7. The molecule has 0 aliphatic heterocycles. The summed E-state index contributed by atoms with van der Waals surface area (Å²) in [5.74, 6) is -3.24. The van der Waals surface area contributed by atoms with Gasteiger partial charge in [-0.1, -0.05) is 0 Å². The summed E-state index contributed by atoms with van der Waals surface area (Å²) in [5, 5.41) is 21.0. The van der Waals surface area contributed by atoms with Crippen molar-refractivity contribution in [3.05, 3.63) is 23.4 Å². The Labute approximate surface area is 133 Å². The van der Waals surface area contributed by atoms with Crippen LogP contribution in [0.5, 0.6) is 0 Å². The van der Waals surface area contributed by atoms with E-state index in [1.54, 1.807) is 6.07 Å². The molecule has 128 valence electrons. The molecule has 8 nitrogen and oxygen atoms in total. The maximum atomic E-state index is 12.7.